The van der Waals surface area contributed by atoms with Gasteiger partial charge in [0.2, 0.25) is 0 Å². The van der Waals surface area contributed by atoms with Crippen LogP contribution in [0.2, 0.25) is 0 Å². The third-order valence-electron chi connectivity index (χ3n) is 4.95. The minimum Gasteiger partial charge on any atom is -0.487 e. The molecule has 0 aromatic heterocycles. The second-order valence-corrected chi connectivity index (χ2v) is 6.81. The molecule has 3 rings (SSSR count). The normalized spacial score (nSPS) is 23.7. The smallest absolute Gasteiger partial charge is 0.404 e. The Morgan fingerprint density at radius 3 is 2.79 bits per heavy atom. The van der Waals surface area contributed by atoms with E-state index < -0.39 is 6.09 Å². The van der Waals surface area contributed by atoms with Crippen LogP contribution >= 0.6 is 0 Å². The molecule has 0 bridgehead atoms. The van der Waals surface area contributed by atoms with E-state index in [9.17, 15) is 9.18 Å². The lowest BCUT2D eigenvalue weighted by Crippen LogP contribution is -2.36. The Labute approximate surface area is 141 Å². The van der Waals surface area contributed by atoms with E-state index in [0.717, 1.165) is 32.4 Å². The van der Waals surface area contributed by atoms with Crippen molar-refractivity contribution >= 4 is 6.09 Å². The van der Waals surface area contributed by atoms with Gasteiger partial charge in [-0.2, -0.15) is 0 Å². The summed E-state index contributed by atoms with van der Waals surface area (Å²) in [6.07, 6.45) is 3.96. The predicted octanol–water partition coefficient (Wildman–Crippen LogP) is 3.24. The van der Waals surface area contributed by atoms with Crippen LogP contribution in [0.3, 0.4) is 0 Å². The van der Waals surface area contributed by atoms with Gasteiger partial charge >= 0.3 is 6.09 Å². The van der Waals surface area contributed by atoms with Crippen LogP contribution in [0, 0.1) is 11.7 Å². The molecule has 1 aliphatic carbocycles. The molecular weight excluding hydrogens is 311 g/mol. The Balaban J connectivity index is 1.47. The Morgan fingerprint density at radius 1 is 1.33 bits per heavy atom. The maximum Gasteiger partial charge on any atom is 0.404 e. The van der Waals surface area contributed by atoms with Gasteiger partial charge in [0.1, 0.15) is 0 Å². The SMILES string of the molecule is O=C(O)NCCC1CC(Oc2cccc(CN3CCCC3)c2F)C1. The number of carbonyl (C=O) groups is 1. The first kappa shape index (κ1) is 17.0. The summed E-state index contributed by atoms with van der Waals surface area (Å²) in [6.45, 7) is 3.20. The van der Waals surface area contributed by atoms with Crippen molar-refractivity contribution in [3.8, 4) is 5.75 Å². The molecule has 1 saturated heterocycles. The maximum atomic E-state index is 14.6. The summed E-state index contributed by atoms with van der Waals surface area (Å²) < 4.78 is 20.4. The van der Waals surface area contributed by atoms with Crippen LogP contribution in [-0.2, 0) is 6.54 Å². The molecule has 0 spiro atoms. The summed E-state index contributed by atoms with van der Waals surface area (Å²) in [6, 6.07) is 5.39. The molecule has 0 unspecified atom stereocenters. The average Bonchev–Trinajstić information content (AvgIpc) is 3.01. The summed E-state index contributed by atoms with van der Waals surface area (Å²) in [5.74, 6) is 0.567. The standard InChI is InChI=1S/C18H25FN2O3/c19-17-14(12-21-8-1-2-9-21)4-3-5-16(17)24-15-10-13(11-15)6-7-20-18(22)23/h3-5,13,15,20H,1-2,6-12H2,(H,22,23). The number of amides is 1. The lowest BCUT2D eigenvalue weighted by Gasteiger charge is -2.35. The fourth-order valence-electron chi connectivity index (χ4n) is 3.52. The van der Waals surface area contributed by atoms with E-state index in [0.29, 0.717) is 30.3 Å². The Bertz CT molecular complexity index is 569. The molecule has 0 radical (unpaired) electrons. The van der Waals surface area contributed by atoms with Crippen LogP contribution in [0.25, 0.3) is 0 Å². The summed E-state index contributed by atoms with van der Waals surface area (Å²) in [7, 11) is 0. The largest absolute Gasteiger partial charge is 0.487 e. The first-order chi connectivity index (χ1) is 11.6. The van der Waals surface area contributed by atoms with E-state index in [1.165, 1.54) is 12.8 Å². The van der Waals surface area contributed by atoms with Gasteiger partial charge in [-0.15, -0.1) is 0 Å². The van der Waals surface area contributed by atoms with Crippen LogP contribution in [-0.4, -0.2) is 41.8 Å². The third-order valence-corrected chi connectivity index (χ3v) is 4.95. The second-order valence-electron chi connectivity index (χ2n) is 6.81. The van der Waals surface area contributed by atoms with Crippen LogP contribution in [0.1, 0.15) is 37.7 Å². The number of hydrogen-bond donors (Lipinski definition) is 2. The predicted molar refractivity (Wildman–Crippen MR) is 88.7 cm³/mol. The summed E-state index contributed by atoms with van der Waals surface area (Å²) in [5.41, 5.74) is 0.705. The van der Waals surface area contributed by atoms with E-state index in [1.54, 1.807) is 6.07 Å². The second kappa shape index (κ2) is 7.83. The van der Waals surface area contributed by atoms with Crippen LogP contribution in [0.4, 0.5) is 9.18 Å². The fourth-order valence-corrected chi connectivity index (χ4v) is 3.52. The quantitative estimate of drug-likeness (QED) is 0.802. The molecule has 1 saturated carbocycles. The number of benzene rings is 1. The molecule has 1 aromatic carbocycles. The van der Waals surface area contributed by atoms with E-state index in [2.05, 4.69) is 10.2 Å². The molecule has 5 nitrogen and oxygen atoms in total. The van der Waals surface area contributed by atoms with Gasteiger partial charge in [-0.05, 0) is 57.2 Å². The van der Waals surface area contributed by atoms with Gasteiger partial charge in [0.15, 0.2) is 11.6 Å². The number of carboxylic acid groups (broad SMARTS) is 1. The van der Waals surface area contributed by atoms with Crippen molar-refractivity contribution in [2.45, 2.75) is 44.8 Å². The van der Waals surface area contributed by atoms with Gasteiger partial charge in [-0.3, -0.25) is 4.90 Å². The molecule has 1 heterocycles. The van der Waals surface area contributed by atoms with Gasteiger partial charge in [0.25, 0.3) is 0 Å². The lowest BCUT2D eigenvalue weighted by atomic mass is 9.80. The van der Waals surface area contributed by atoms with Crippen molar-refractivity contribution in [1.29, 1.82) is 0 Å². The van der Waals surface area contributed by atoms with Gasteiger partial charge in [-0.25, -0.2) is 9.18 Å². The highest BCUT2D eigenvalue weighted by Crippen LogP contribution is 2.34. The van der Waals surface area contributed by atoms with Gasteiger partial charge in [0.05, 0.1) is 6.10 Å². The zero-order valence-electron chi connectivity index (χ0n) is 13.8. The maximum absolute atomic E-state index is 14.6. The number of halogens is 1. The fraction of sp³-hybridized carbons (Fsp3) is 0.611. The topological polar surface area (TPSA) is 61.8 Å². The molecular formula is C18H25FN2O3. The zero-order chi connectivity index (χ0) is 16.9. The summed E-state index contributed by atoms with van der Waals surface area (Å²) >= 11 is 0. The van der Waals surface area contributed by atoms with Gasteiger partial charge in [0, 0.05) is 18.7 Å². The minimum absolute atomic E-state index is 0.0383. The van der Waals surface area contributed by atoms with E-state index in [4.69, 9.17) is 9.84 Å². The minimum atomic E-state index is -0.987. The number of likely N-dealkylation sites (tertiary alicyclic amines) is 1. The van der Waals surface area contributed by atoms with Crippen molar-refractivity contribution in [3.05, 3.63) is 29.6 Å². The van der Waals surface area contributed by atoms with Crippen molar-refractivity contribution in [2.24, 2.45) is 5.92 Å². The zero-order valence-corrected chi connectivity index (χ0v) is 13.8. The molecule has 6 heteroatoms. The summed E-state index contributed by atoms with van der Waals surface area (Å²) in [4.78, 5) is 12.7. The van der Waals surface area contributed by atoms with Crippen molar-refractivity contribution in [2.75, 3.05) is 19.6 Å². The number of ether oxygens (including phenoxy) is 1. The van der Waals surface area contributed by atoms with Gasteiger partial charge < -0.3 is 15.2 Å². The Hall–Kier alpha value is -1.82. The highest BCUT2D eigenvalue weighted by atomic mass is 19.1. The van der Waals surface area contributed by atoms with E-state index >= 15 is 0 Å². The monoisotopic (exact) mass is 336 g/mol. The molecule has 1 aliphatic heterocycles. The van der Waals surface area contributed by atoms with E-state index in [1.807, 2.05) is 12.1 Å². The summed E-state index contributed by atoms with van der Waals surface area (Å²) in [5, 5.41) is 10.9. The molecule has 2 aliphatic rings. The molecule has 132 valence electrons. The first-order valence-corrected chi connectivity index (χ1v) is 8.75. The molecule has 24 heavy (non-hydrogen) atoms. The molecule has 2 fully saturated rings. The Kier molecular flexibility index (Phi) is 5.56. The molecule has 2 N–H and O–H groups in total. The number of nitrogens with one attached hydrogen (secondary N) is 1. The van der Waals surface area contributed by atoms with Gasteiger partial charge in [-0.1, -0.05) is 12.1 Å². The van der Waals surface area contributed by atoms with Crippen LogP contribution in [0.5, 0.6) is 5.75 Å². The van der Waals surface area contributed by atoms with Crippen LogP contribution < -0.4 is 10.1 Å². The number of nitrogens with zero attached hydrogens (tertiary/aromatic N) is 1. The van der Waals surface area contributed by atoms with Crippen molar-refractivity contribution in [3.63, 3.8) is 0 Å². The van der Waals surface area contributed by atoms with Crippen molar-refractivity contribution in [1.82, 2.24) is 10.2 Å². The van der Waals surface area contributed by atoms with Crippen LogP contribution in [0.15, 0.2) is 18.2 Å². The molecule has 1 aromatic rings. The molecule has 1 amide bonds. The Morgan fingerprint density at radius 2 is 2.08 bits per heavy atom. The van der Waals surface area contributed by atoms with E-state index in [-0.39, 0.29) is 11.9 Å². The molecule has 0 atom stereocenters. The first-order valence-electron chi connectivity index (χ1n) is 8.75. The number of hydrogen-bond acceptors (Lipinski definition) is 3. The average molecular weight is 336 g/mol. The highest BCUT2D eigenvalue weighted by Gasteiger charge is 2.31. The third kappa shape index (κ3) is 4.38. The van der Waals surface area contributed by atoms with Crippen molar-refractivity contribution < 1.29 is 19.0 Å². The highest BCUT2D eigenvalue weighted by molar-refractivity contribution is 5.64. The number of rotatable bonds is 7. The lowest BCUT2D eigenvalue weighted by molar-refractivity contribution is 0.0572.